The molecule has 0 aliphatic rings. The second-order valence-corrected chi connectivity index (χ2v) is 2.35. The summed E-state index contributed by atoms with van der Waals surface area (Å²) in [7, 11) is 0. The van der Waals surface area contributed by atoms with Gasteiger partial charge >= 0.3 is 12.4 Å². The molecular formula is C10H8O3. The van der Waals surface area contributed by atoms with Crippen LogP contribution in [0.3, 0.4) is 0 Å². The van der Waals surface area contributed by atoms with Gasteiger partial charge in [0.15, 0.2) is 0 Å². The van der Waals surface area contributed by atoms with Crippen LogP contribution in [0.2, 0.25) is 0 Å². The monoisotopic (exact) mass is 176 g/mol. The van der Waals surface area contributed by atoms with Gasteiger partial charge in [0.25, 0.3) is 0 Å². The van der Waals surface area contributed by atoms with Crippen molar-refractivity contribution in [3.63, 3.8) is 0 Å². The van der Waals surface area contributed by atoms with Crippen LogP contribution in [-0.4, -0.2) is 12.4 Å². The van der Waals surface area contributed by atoms with Crippen LogP contribution in [0.4, 0.5) is 0 Å². The third kappa shape index (κ3) is 2.27. The molecule has 0 aromatic heterocycles. The SMILES string of the molecule is C=C(C(=O)OC=O)c1ccccc1. The van der Waals surface area contributed by atoms with E-state index in [1.54, 1.807) is 24.3 Å². The first-order valence-corrected chi connectivity index (χ1v) is 3.64. The maximum absolute atomic E-state index is 11.0. The predicted octanol–water partition coefficient (Wildman–Crippen LogP) is 1.40. The van der Waals surface area contributed by atoms with Crippen LogP contribution in [0.25, 0.3) is 5.57 Å². The Morgan fingerprint density at radius 1 is 1.31 bits per heavy atom. The molecule has 0 aliphatic heterocycles. The van der Waals surface area contributed by atoms with Gasteiger partial charge in [0, 0.05) is 0 Å². The Bertz CT molecular complexity index is 327. The minimum absolute atomic E-state index is 0.0937. The highest BCUT2D eigenvalue weighted by Gasteiger charge is 2.09. The Hall–Kier alpha value is -1.90. The largest absolute Gasteiger partial charge is 0.392 e. The number of benzene rings is 1. The lowest BCUT2D eigenvalue weighted by molar-refractivity contribution is -0.146. The predicted molar refractivity (Wildman–Crippen MR) is 47.6 cm³/mol. The lowest BCUT2D eigenvalue weighted by Crippen LogP contribution is -2.04. The summed E-state index contributed by atoms with van der Waals surface area (Å²) >= 11 is 0. The van der Waals surface area contributed by atoms with Gasteiger partial charge in [-0.1, -0.05) is 36.9 Å². The van der Waals surface area contributed by atoms with Crippen LogP contribution >= 0.6 is 0 Å². The fraction of sp³-hybridized carbons (Fsp3) is 0. The summed E-state index contributed by atoms with van der Waals surface area (Å²) in [4.78, 5) is 20.9. The van der Waals surface area contributed by atoms with Crippen LogP contribution in [0.5, 0.6) is 0 Å². The van der Waals surface area contributed by atoms with Crippen molar-refractivity contribution in [2.45, 2.75) is 0 Å². The minimum Gasteiger partial charge on any atom is -0.392 e. The molecule has 0 atom stereocenters. The molecule has 1 aromatic rings. The van der Waals surface area contributed by atoms with Crippen LogP contribution in [0.15, 0.2) is 36.9 Å². The normalized spacial score (nSPS) is 8.92. The summed E-state index contributed by atoms with van der Waals surface area (Å²) in [5.74, 6) is -0.721. The minimum atomic E-state index is -0.721. The molecule has 0 fully saturated rings. The van der Waals surface area contributed by atoms with Gasteiger partial charge < -0.3 is 4.74 Å². The molecule has 0 saturated heterocycles. The molecule has 0 radical (unpaired) electrons. The van der Waals surface area contributed by atoms with Crippen LogP contribution in [-0.2, 0) is 14.3 Å². The summed E-state index contributed by atoms with van der Waals surface area (Å²) in [6, 6.07) is 8.80. The van der Waals surface area contributed by atoms with Gasteiger partial charge in [0.05, 0.1) is 5.57 Å². The Morgan fingerprint density at radius 2 is 1.92 bits per heavy atom. The van der Waals surface area contributed by atoms with E-state index in [0.29, 0.717) is 5.56 Å². The zero-order valence-corrected chi connectivity index (χ0v) is 6.90. The molecule has 0 spiro atoms. The van der Waals surface area contributed by atoms with Crippen molar-refractivity contribution >= 4 is 18.0 Å². The lowest BCUT2D eigenvalue weighted by Gasteiger charge is -2.00. The third-order valence-corrected chi connectivity index (χ3v) is 1.52. The van der Waals surface area contributed by atoms with E-state index in [4.69, 9.17) is 0 Å². The molecule has 0 N–H and O–H groups in total. The highest BCUT2D eigenvalue weighted by molar-refractivity contribution is 6.17. The van der Waals surface area contributed by atoms with Gasteiger partial charge in [0.1, 0.15) is 0 Å². The second-order valence-electron chi connectivity index (χ2n) is 2.35. The van der Waals surface area contributed by atoms with Crippen LogP contribution in [0.1, 0.15) is 5.56 Å². The summed E-state index contributed by atoms with van der Waals surface area (Å²) in [6.45, 7) is 3.60. The first-order chi connectivity index (χ1) is 6.25. The van der Waals surface area contributed by atoms with Crippen LogP contribution < -0.4 is 0 Å². The second kappa shape index (κ2) is 4.21. The summed E-state index contributed by atoms with van der Waals surface area (Å²) in [6.07, 6.45) is 0. The molecule has 3 nitrogen and oxygen atoms in total. The van der Waals surface area contributed by atoms with Gasteiger partial charge in [-0.3, -0.25) is 4.79 Å². The molecule has 66 valence electrons. The molecule has 0 saturated carbocycles. The Morgan fingerprint density at radius 3 is 2.46 bits per heavy atom. The van der Waals surface area contributed by atoms with Crippen molar-refractivity contribution in [2.24, 2.45) is 0 Å². The lowest BCUT2D eigenvalue weighted by atomic mass is 10.1. The van der Waals surface area contributed by atoms with E-state index >= 15 is 0 Å². The highest BCUT2D eigenvalue weighted by Crippen LogP contribution is 2.12. The third-order valence-electron chi connectivity index (χ3n) is 1.52. The van der Waals surface area contributed by atoms with Crippen molar-refractivity contribution in [1.82, 2.24) is 0 Å². The molecule has 0 amide bonds. The summed E-state index contributed by atoms with van der Waals surface area (Å²) in [5.41, 5.74) is 0.821. The number of carbonyl (C=O) groups excluding carboxylic acids is 2. The smallest absolute Gasteiger partial charge is 0.345 e. The van der Waals surface area contributed by atoms with Gasteiger partial charge in [-0.2, -0.15) is 0 Å². The van der Waals surface area contributed by atoms with E-state index in [9.17, 15) is 9.59 Å². The first kappa shape index (κ1) is 9.19. The molecule has 0 bridgehead atoms. The molecule has 13 heavy (non-hydrogen) atoms. The number of rotatable bonds is 3. The van der Waals surface area contributed by atoms with Crippen LogP contribution in [0, 0.1) is 0 Å². The van der Waals surface area contributed by atoms with Gasteiger partial charge in [0.2, 0.25) is 0 Å². The molecule has 0 unspecified atom stereocenters. The van der Waals surface area contributed by atoms with E-state index in [1.807, 2.05) is 6.07 Å². The van der Waals surface area contributed by atoms with Crippen molar-refractivity contribution in [3.8, 4) is 0 Å². The number of esters is 1. The van der Waals surface area contributed by atoms with Gasteiger partial charge in [-0.15, -0.1) is 0 Å². The standard InChI is InChI=1S/C10H8O3/c1-8(10(12)13-7-11)9-5-3-2-4-6-9/h2-7H,1H2. The Kier molecular flexibility index (Phi) is 2.97. The Balaban J connectivity index is 2.80. The zero-order chi connectivity index (χ0) is 9.68. The van der Waals surface area contributed by atoms with E-state index < -0.39 is 5.97 Å². The van der Waals surface area contributed by atoms with Crippen molar-refractivity contribution in [1.29, 1.82) is 0 Å². The van der Waals surface area contributed by atoms with Gasteiger partial charge in [-0.05, 0) is 5.56 Å². The van der Waals surface area contributed by atoms with Crippen molar-refractivity contribution in [2.75, 3.05) is 0 Å². The molecular weight excluding hydrogens is 168 g/mol. The molecule has 0 heterocycles. The number of carbonyl (C=O) groups is 2. The zero-order valence-electron chi connectivity index (χ0n) is 6.90. The fourth-order valence-corrected chi connectivity index (χ4v) is 0.872. The van der Waals surface area contributed by atoms with Crippen molar-refractivity contribution < 1.29 is 14.3 Å². The quantitative estimate of drug-likeness (QED) is 0.302. The number of ether oxygens (including phenoxy) is 1. The van der Waals surface area contributed by atoms with Crippen molar-refractivity contribution in [3.05, 3.63) is 42.5 Å². The van der Waals surface area contributed by atoms with E-state index in [0.717, 1.165) is 0 Å². The highest BCUT2D eigenvalue weighted by atomic mass is 16.6. The number of hydrogen-bond donors (Lipinski definition) is 0. The van der Waals surface area contributed by atoms with E-state index in [-0.39, 0.29) is 12.0 Å². The average molecular weight is 176 g/mol. The molecule has 0 aliphatic carbocycles. The van der Waals surface area contributed by atoms with E-state index in [1.165, 1.54) is 0 Å². The molecule has 3 heteroatoms. The summed E-state index contributed by atoms with van der Waals surface area (Å²) in [5, 5.41) is 0. The first-order valence-electron chi connectivity index (χ1n) is 3.64. The van der Waals surface area contributed by atoms with E-state index in [2.05, 4.69) is 11.3 Å². The number of hydrogen-bond acceptors (Lipinski definition) is 3. The maximum atomic E-state index is 11.0. The topological polar surface area (TPSA) is 43.4 Å². The maximum Gasteiger partial charge on any atom is 0.345 e. The van der Waals surface area contributed by atoms with Gasteiger partial charge in [-0.25, -0.2) is 4.79 Å². The Labute approximate surface area is 75.6 Å². The fourth-order valence-electron chi connectivity index (χ4n) is 0.872. The molecule has 1 aromatic carbocycles. The average Bonchev–Trinajstić information content (AvgIpc) is 2.18. The summed E-state index contributed by atoms with van der Waals surface area (Å²) < 4.78 is 4.14. The molecule has 1 rings (SSSR count).